The quantitative estimate of drug-likeness (QED) is 0.702. The monoisotopic (exact) mass is 341 g/mol. The largest absolute Gasteiger partial charge is 0.447 e. The first kappa shape index (κ1) is 16.1. The number of rotatable bonds is 5. The SMILES string of the molecule is CCn1c(SCC(=O)N2CCOC2=O)nnc1N1CCOCC1. The van der Waals surface area contributed by atoms with Crippen LogP contribution in [-0.2, 0) is 20.8 Å². The van der Waals surface area contributed by atoms with Crippen LogP contribution in [-0.4, -0.2) is 76.9 Å². The molecule has 2 fully saturated rings. The van der Waals surface area contributed by atoms with Gasteiger partial charge in [-0.3, -0.25) is 9.36 Å². The molecule has 2 aliphatic heterocycles. The second kappa shape index (κ2) is 7.18. The van der Waals surface area contributed by atoms with E-state index in [9.17, 15) is 9.59 Å². The summed E-state index contributed by atoms with van der Waals surface area (Å²) in [4.78, 5) is 26.7. The van der Waals surface area contributed by atoms with E-state index in [0.717, 1.165) is 23.9 Å². The Bertz CT molecular complexity index is 587. The minimum atomic E-state index is -0.568. The van der Waals surface area contributed by atoms with Gasteiger partial charge in [-0.05, 0) is 6.92 Å². The fraction of sp³-hybridized carbons (Fsp3) is 0.692. The second-order valence-corrected chi connectivity index (χ2v) is 6.02. The number of carbonyl (C=O) groups is 2. The van der Waals surface area contributed by atoms with Crippen molar-refractivity contribution in [3.63, 3.8) is 0 Å². The van der Waals surface area contributed by atoms with Gasteiger partial charge in [0.1, 0.15) is 6.61 Å². The smallest absolute Gasteiger partial charge is 0.416 e. The number of anilines is 1. The summed E-state index contributed by atoms with van der Waals surface area (Å²) in [5, 5.41) is 9.11. The summed E-state index contributed by atoms with van der Waals surface area (Å²) >= 11 is 1.29. The highest BCUT2D eigenvalue weighted by Crippen LogP contribution is 2.23. The fourth-order valence-electron chi connectivity index (χ4n) is 2.49. The molecule has 0 aliphatic carbocycles. The summed E-state index contributed by atoms with van der Waals surface area (Å²) < 4.78 is 12.1. The number of carbonyl (C=O) groups excluding carboxylic acids is 2. The molecule has 10 heteroatoms. The summed E-state index contributed by atoms with van der Waals surface area (Å²) in [5.41, 5.74) is 0. The van der Waals surface area contributed by atoms with E-state index in [1.165, 1.54) is 11.8 Å². The number of aromatic nitrogens is 3. The van der Waals surface area contributed by atoms with Crippen molar-refractivity contribution in [1.29, 1.82) is 0 Å². The number of morpholine rings is 1. The van der Waals surface area contributed by atoms with E-state index in [0.29, 0.717) is 31.5 Å². The van der Waals surface area contributed by atoms with Crippen LogP contribution in [0.5, 0.6) is 0 Å². The third kappa shape index (κ3) is 3.42. The highest BCUT2D eigenvalue weighted by atomic mass is 32.2. The van der Waals surface area contributed by atoms with Gasteiger partial charge < -0.3 is 14.4 Å². The average molecular weight is 341 g/mol. The lowest BCUT2D eigenvalue weighted by molar-refractivity contribution is -0.125. The molecule has 0 radical (unpaired) electrons. The molecule has 0 atom stereocenters. The van der Waals surface area contributed by atoms with Crippen molar-refractivity contribution in [3.05, 3.63) is 0 Å². The minimum absolute atomic E-state index is 0.135. The topological polar surface area (TPSA) is 89.8 Å². The predicted molar refractivity (Wildman–Crippen MR) is 82.5 cm³/mol. The van der Waals surface area contributed by atoms with Crippen LogP contribution in [0.4, 0.5) is 10.7 Å². The van der Waals surface area contributed by atoms with Crippen LogP contribution in [0.3, 0.4) is 0 Å². The molecule has 23 heavy (non-hydrogen) atoms. The normalized spacial score (nSPS) is 18.4. The van der Waals surface area contributed by atoms with Gasteiger partial charge in [-0.15, -0.1) is 10.2 Å². The molecule has 3 heterocycles. The maximum atomic E-state index is 12.1. The van der Waals surface area contributed by atoms with Gasteiger partial charge in [0.15, 0.2) is 5.16 Å². The number of nitrogens with zero attached hydrogens (tertiary/aromatic N) is 5. The van der Waals surface area contributed by atoms with Gasteiger partial charge in [0.25, 0.3) is 0 Å². The third-order valence-electron chi connectivity index (χ3n) is 3.69. The Morgan fingerprint density at radius 2 is 2.00 bits per heavy atom. The van der Waals surface area contributed by atoms with Gasteiger partial charge in [-0.25, -0.2) is 9.69 Å². The highest BCUT2D eigenvalue weighted by molar-refractivity contribution is 7.99. The van der Waals surface area contributed by atoms with E-state index in [2.05, 4.69) is 15.1 Å². The Balaban J connectivity index is 1.64. The van der Waals surface area contributed by atoms with Crippen LogP contribution in [0.15, 0.2) is 5.16 Å². The van der Waals surface area contributed by atoms with Gasteiger partial charge in [0.05, 0.1) is 25.5 Å². The van der Waals surface area contributed by atoms with Crippen molar-refractivity contribution in [2.45, 2.75) is 18.6 Å². The molecule has 0 aromatic carbocycles. The number of hydrogen-bond acceptors (Lipinski definition) is 8. The molecule has 0 spiro atoms. The molecule has 3 rings (SSSR count). The van der Waals surface area contributed by atoms with Crippen molar-refractivity contribution in [1.82, 2.24) is 19.7 Å². The first-order valence-corrected chi connectivity index (χ1v) is 8.55. The molecular weight excluding hydrogens is 322 g/mol. The highest BCUT2D eigenvalue weighted by Gasteiger charge is 2.29. The Morgan fingerprint density at radius 1 is 1.22 bits per heavy atom. The van der Waals surface area contributed by atoms with E-state index in [-0.39, 0.29) is 18.3 Å². The van der Waals surface area contributed by atoms with Crippen molar-refractivity contribution in [2.75, 3.05) is 50.1 Å². The number of ether oxygens (including phenoxy) is 2. The van der Waals surface area contributed by atoms with Crippen molar-refractivity contribution in [2.24, 2.45) is 0 Å². The number of amides is 2. The summed E-state index contributed by atoms with van der Waals surface area (Å²) in [6.07, 6.45) is -0.568. The number of imide groups is 1. The number of thioether (sulfide) groups is 1. The zero-order valence-corrected chi connectivity index (χ0v) is 13.8. The first-order chi connectivity index (χ1) is 11.2. The lowest BCUT2D eigenvalue weighted by atomic mass is 10.4. The van der Waals surface area contributed by atoms with Crippen LogP contribution >= 0.6 is 11.8 Å². The number of hydrogen-bond donors (Lipinski definition) is 0. The molecule has 1 aromatic heterocycles. The fourth-order valence-corrected chi connectivity index (χ4v) is 3.36. The zero-order valence-electron chi connectivity index (χ0n) is 12.9. The standard InChI is InChI=1S/C13H19N5O4S/c1-2-17-11(16-3-6-21-7-4-16)14-15-12(17)23-9-10(19)18-5-8-22-13(18)20/h2-9H2,1H3. The van der Waals surface area contributed by atoms with Crippen LogP contribution in [0.2, 0.25) is 0 Å². The Kier molecular flexibility index (Phi) is 5.01. The minimum Gasteiger partial charge on any atom is -0.447 e. The molecule has 0 bridgehead atoms. The maximum absolute atomic E-state index is 12.1. The Labute approximate surface area is 137 Å². The molecule has 0 N–H and O–H groups in total. The molecule has 0 unspecified atom stereocenters. The van der Waals surface area contributed by atoms with Gasteiger partial charge in [0.2, 0.25) is 11.9 Å². The van der Waals surface area contributed by atoms with Gasteiger partial charge in [-0.1, -0.05) is 11.8 Å². The Morgan fingerprint density at radius 3 is 2.65 bits per heavy atom. The maximum Gasteiger partial charge on any atom is 0.416 e. The summed E-state index contributed by atoms with van der Waals surface area (Å²) in [5.74, 6) is 0.665. The Hall–Kier alpha value is -1.81. The summed E-state index contributed by atoms with van der Waals surface area (Å²) in [7, 11) is 0. The van der Waals surface area contributed by atoms with Crippen LogP contribution in [0, 0.1) is 0 Å². The number of cyclic esters (lactones) is 1. The molecular formula is C13H19N5O4S. The molecule has 1 aromatic rings. The zero-order chi connectivity index (χ0) is 16.2. The molecule has 2 aliphatic rings. The van der Waals surface area contributed by atoms with Gasteiger partial charge >= 0.3 is 6.09 Å². The van der Waals surface area contributed by atoms with E-state index in [1.807, 2.05) is 11.5 Å². The lowest BCUT2D eigenvalue weighted by Gasteiger charge is -2.27. The summed E-state index contributed by atoms with van der Waals surface area (Å²) in [6.45, 7) is 6.21. The predicted octanol–water partition coefficient (Wildman–Crippen LogP) is 0.206. The second-order valence-electron chi connectivity index (χ2n) is 5.07. The summed E-state index contributed by atoms with van der Waals surface area (Å²) in [6, 6.07) is 0. The third-order valence-corrected chi connectivity index (χ3v) is 4.65. The van der Waals surface area contributed by atoms with Crippen molar-refractivity contribution < 1.29 is 19.1 Å². The lowest BCUT2D eigenvalue weighted by Crippen LogP contribution is -2.38. The van der Waals surface area contributed by atoms with Crippen LogP contribution in [0.25, 0.3) is 0 Å². The molecule has 9 nitrogen and oxygen atoms in total. The van der Waals surface area contributed by atoms with Crippen molar-refractivity contribution >= 4 is 29.7 Å². The van der Waals surface area contributed by atoms with E-state index in [4.69, 9.17) is 9.47 Å². The molecule has 0 saturated carbocycles. The van der Waals surface area contributed by atoms with Crippen molar-refractivity contribution in [3.8, 4) is 0 Å². The van der Waals surface area contributed by atoms with Crippen LogP contribution in [0.1, 0.15) is 6.92 Å². The first-order valence-electron chi connectivity index (χ1n) is 7.56. The average Bonchev–Trinajstić information content (AvgIpc) is 3.19. The van der Waals surface area contributed by atoms with Gasteiger partial charge in [-0.2, -0.15) is 0 Å². The van der Waals surface area contributed by atoms with E-state index in [1.54, 1.807) is 0 Å². The van der Waals surface area contributed by atoms with E-state index < -0.39 is 6.09 Å². The van der Waals surface area contributed by atoms with Gasteiger partial charge in [0, 0.05) is 19.6 Å². The van der Waals surface area contributed by atoms with E-state index >= 15 is 0 Å². The molecule has 126 valence electrons. The van der Waals surface area contributed by atoms with Crippen LogP contribution < -0.4 is 4.90 Å². The molecule has 2 saturated heterocycles. The molecule has 2 amide bonds.